The maximum atomic E-state index is 10.3. The first kappa shape index (κ1) is 17.0. The molecule has 0 aromatic heterocycles. The van der Waals surface area contributed by atoms with Gasteiger partial charge in [0.05, 0.1) is 13.2 Å². The maximum absolute atomic E-state index is 10.3. The Kier molecular flexibility index (Phi) is 5.86. The van der Waals surface area contributed by atoms with E-state index in [2.05, 4.69) is 34.5 Å². The normalized spacial score (nSPS) is 15.8. The number of aliphatic hydroxyl groups excluding tert-OH is 1. The molecule has 2 aromatic rings. The zero-order chi connectivity index (χ0) is 16.8. The van der Waals surface area contributed by atoms with Crippen molar-refractivity contribution in [2.45, 2.75) is 25.6 Å². The van der Waals surface area contributed by atoms with E-state index in [1.807, 2.05) is 24.3 Å². The topological polar surface area (TPSA) is 44.7 Å². The van der Waals surface area contributed by atoms with Crippen LogP contribution >= 0.6 is 0 Å². The molecule has 1 aliphatic rings. The number of ether oxygens (including phenoxy) is 1. The summed E-state index contributed by atoms with van der Waals surface area (Å²) >= 11 is 0. The third kappa shape index (κ3) is 4.57. The minimum absolute atomic E-state index is 0.353. The van der Waals surface area contributed by atoms with Gasteiger partial charge in [0.15, 0.2) is 0 Å². The molecule has 0 saturated carbocycles. The number of nitrogens with zero attached hydrogens (tertiary/aromatic N) is 1. The van der Waals surface area contributed by atoms with Crippen molar-refractivity contribution >= 4 is 0 Å². The number of rotatable bonds is 7. The Bertz CT molecular complexity index is 642. The van der Waals surface area contributed by atoms with Crippen molar-refractivity contribution < 1.29 is 9.84 Å². The molecule has 0 aliphatic carbocycles. The predicted molar refractivity (Wildman–Crippen MR) is 96.1 cm³/mol. The van der Waals surface area contributed by atoms with E-state index in [1.165, 1.54) is 16.7 Å². The van der Waals surface area contributed by atoms with Crippen LogP contribution in [0.5, 0.6) is 5.75 Å². The van der Waals surface area contributed by atoms with Gasteiger partial charge in [0.2, 0.25) is 0 Å². The molecule has 4 heteroatoms. The molecule has 24 heavy (non-hydrogen) atoms. The monoisotopic (exact) mass is 326 g/mol. The Morgan fingerprint density at radius 1 is 1.12 bits per heavy atom. The summed E-state index contributed by atoms with van der Waals surface area (Å²) in [5, 5.41) is 13.6. The Hall–Kier alpha value is -1.88. The van der Waals surface area contributed by atoms with Gasteiger partial charge in [-0.3, -0.25) is 4.90 Å². The number of fused-ring (bicyclic) bond motifs is 1. The molecule has 1 atom stereocenters. The van der Waals surface area contributed by atoms with Gasteiger partial charge in [0.1, 0.15) is 5.75 Å². The molecule has 2 N–H and O–H groups in total. The van der Waals surface area contributed by atoms with Gasteiger partial charge in [0, 0.05) is 32.7 Å². The third-order valence-corrected chi connectivity index (χ3v) is 4.55. The van der Waals surface area contributed by atoms with E-state index >= 15 is 0 Å². The first-order chi connectivity index (χ1) is 11.7. The van der Waals surface area contributed by atoms with Crippen molar-refractivity contribution in [2.24, 2.45) is 0 Å². The smallest absolute Gasteiger partial charge is 0.118 e. The minimum Gasteiger partial charge on any atom is -0.497 e. The maximum Gasteiger partial charge on any atom is 0.118 e. The van der Waals surface area contributed by atoms with Crippen LogP contribution in [0, 0.1) is 0 Å². The second kappa shape index (κ2) is 8.29. The molecule has 0 bridgehead atoms. The van der Waals surface area contributed by atoms with Crippen LogP contribution in [0.1, 0.15) is 16.7 Å². The van der Waals surface area contributed by atoms with Crippen LogP contribution < -0.4 is 10.1 Å². The number of β-amino-alcohol motifs (C(OH)–C–C–N with tert-alkyl or cyclic N) is 1. The molecule has 4 nitrogen and oxygen atoms in total. The summed E-state index contributed by atoms with van der Waals surface area (Å²) in [6, 6.07) is 16.6. The Balaban J connectivity index is 1.40. The van der Waals surface area contributed by atoms with Gasteiger partial charge < -0.3 is 15.2 Å². The lowest BCUT2D eigenvalue weighted by Crippen LogP contribution is -2.40. The summed E-state index contributed by atoms with van der Waals surface area (Å²) in [6.45, 7) is 4.02. The first-order valence-electron chi connectivity index (χ1n) is 8.55. The van der Waals surface area contributed by atoms with Crippen LogP contribution in [-0.4, -0.2) is 42.9 Å². The van der Waals surface area contributed by atoms with Gasteiger partial charge in [-0.1, -0.05) is 36.4 Å². The van der Waals surface area contributed by atoms with Crippen LogP contribution in [0.4, 0.5) is 0 Å². The third-order valence-electron chi connectivity index (χ3n) is 4.55. The molecule has 0 radical (unpaired) electrons. The molecular formula is C20H26N2O2. The van der Waals surface area contributed by atoms with Crippen LogP contribution in [0.2, 0.25) is 0 Å². The number of aliphatic hydroxyl groups is 1. The first-order valence-corrected chi connectivity index (χ1v) is 8.55. The van der Waals surface area contributed by atoms with Crippen molar-refractivity contribution in [2.75, 3.05) is 26.7 Å². The van der Waals surface area contributed by atoms with E-state index < -0.39 is 0 Å². The van der Waals surface area contributed by atoms with Gasteiger partial charge in [-0.2, -0.15) is 0 Å². The standard InChI is InChI=1S/C20H26N2O2/c1-24-20-8-6-16(7-9-20)12-21-13-19(23)15-22-11-10-17-4-2-3-5-18(17)14-22/h2-9,19,21,23H,10-15H2,1H3. The van der Waals surface area contributed by atoms with Gasteiger partial charge >= 0.3 is 0 Å². The van der Waals surface area contributed by atoms with E-state index in [4.69, 9.17) is 4.74 Å². The molecule has 1 aliphatic heterocycles. The summed E-state index contributed by atoms with van der Waals surface area (Å²) in [4.78, 5) is 2.34. The summed E-state index contributed by atoms with van der Waals surface area (Å²) in [5.74, 6) is 0.865. The molecule has 0 amide bonds. The largest absolute Gasteiger partial charge is 0.497 e. The van der Waals surface area contributed by atoms with E-state index in [0.717, 1.165) is 31.8 Å². The predicted octanol–water partition coefficient (Wildman–Crippen LogP) is 2.20. The fourth-order valence-electron chi connectivity index (χ4n) is 3.20. The lowest BCUT2D eigenvalue weighted by atomic mass is 10.00. The van der Waals surface area contributed by atoms with Crippen LogP contribution in [0.3, 0.4) is 0 Å². The number of methoxy groups -OCH3 is 1. The Labute approximate surface area is 144 Å². The van der Waals surface area contributed by atoms with E-state index in [0.29, 0.717) is 13.1 Å². The van der Waals surface area contributed by atoms with E-state index in [9.17, 15) is 5.11 Å². The summed E-state index contributed by atoms with van der Waals surface area (Å²) in [5.41, 5.74) is 4.03. The van der Waals surface area contributed by atoms with Crippen LogP contribution in [0.15, 0.2) is 48.5 Å². The van der Waals surface area contributed by atoms with Gasteiger partial charge in [-0.05, 0) is 35.2 Å². The van der Waals surface area contributed by atoms with Crippen molar-refractivity contribution in [3.8, 4) is 5.75 Å². The SMILES string of the molecule is COc1ccc(CNCC(O)CN2CCc3ccccc3C2)cc1. The molecule has 128 valence electrons. The Morgan fingerprint density at radius 2 is 1.88 bits per heavy atom. The quantitative estimate of drug-likeness (QED) is 0.819. The zero-order valence-corrected chi connectivity index (χ0v) is 14.2. The van der Waals surface area contributed by atoms with Crippen LogP contribution in [0.25, 0.3) is 0 Å². The highest BCUT2D eigenvalue weighted by molar-refractivity contribution is 5.29. The second-order valence-electron chi connectivity index (χ2n) is 6.39. The fourth-order valence-corrected chi connectivity index (χ4v) is 3.20. The van der Waals surface area contributed by atoms with Crippen molar-refractivity contribution in [3.63, 3.8) is 0 Å². The zero-order valence-electron chi connectivity index (χ0n) is 14.2. The molecule has 1 unspecified atom stereocenters. The number of hydrogen-bond donors (Lipinski definition) is 2. The lowest BCUT2D eigenvalue weighted by Gasteiger charge is -2.30. The van der Waals surface area contributed by atoms with Gasteiger partial charge in [-0.25, -0.2) is 0 Å². The number of nitrogens with one attached hydrogen (secondary N) is 1. The molecule has 3 rings (SSSR count). The minimum atomic E-state index is -0.353. The van der Waals surface area contributed by atoms with Gasteiger partial charge in [-0.15, -0.1) is 0 Å². The highest BCUT2D eigenvalue weighted by Gasteiger charge is 2.18. The fraction of sp³-hybridized carbons (Fsp3) is 0.400. The number of benzene rings is 2. The summed E-state index contributed by atoms with van der Waals surface area (Å²) < 4.78 is 5.16. The summed E-state index contributed by atoms with van der Waals surface area (Å²) in [7, 11) is 1.67. The van der Waals surface area contributed by atoms with E-state index in [1.54, 1.807) is 7.11 Å². The molecule has 0 saturated heterocycles. The molecular weight excluding hydrogens is 300 g/mol. The molecule has 1 heterocycles. The summed E-state index contributed by atoms with van der Waals surface area (Å²) in [6.07, 6.45) is 0.718. The number of hydrogen-bond acceptors (Lipinski definition) is 4. The average molecular weight is 326 g/mol. The highest BCUT2D eigenvalue weighted by Crippen LogP contribution is 2.18. The van der Waals surface area contributed by atoms with Crippen LogP contribution in [-0.2, 0) is 19.5 Å². The molecule has 0 fully saturated rings. The van der Waals surface area contributed by atoms with Crippen molar-refractivity contribution in [1.82, 2.24) is 10.2 Å². The van der Waals surface area contributed by atoms with Crippen molar-refractivity contribution in [1.29, 1.82) is 0 Å². The van der Waals surface area contributed by atoms with Crippen molar-refractivity contribution in [3.05, 3.63) is 65.2 Å². The lowest BCUT2D eigenvalue weighted by molar-refractivity contribution is 0.104. The highest BCUT2D eigenvalue weighted by atomic mass is 16.5. The van der Waals surface area contributed by atoms with E-state index in [-0.39, 0.29) is 6.10 Å². The Morgan fingerprint density at radius 3 is 2.62 bits per heavy atom. The second-order valence-corrected chi connectivity index (χ2v) is 6.39. The average Bonchev–Trinajstić information content (AvgIpc) is 2.62. The van der Waals surface area contributed by atoms with Gasteiger partial charge in [0.25, 0.3) is 0 Å². The molecule has 2 aromatic carbocycles. The molecule has 0 spiro atoms.